The number of hydrazone groups is 1. The molecule has 0 saturated heterocycles. The van der Waals surface area contributed by atoms with Crippen LogP contribution in [0, 0.1) is 6.92 Å². The fourth-order valence-electron chi connectivity index (χ4n) is 3.96. The number of anilines is 1. The van der Waals surface area contributed by atoms with E-state index in [1.54, 1.807) is 61.5 Å². The van der Waals surface area contributed by atoms with Gasteiger partial charge in [0.15, 0.2) is 6.61 Å². The highest BCUT2D eigenvalue weighted by atomic mass is 35.5. The number of amides is 2. The van der Waals surface area contributed by atoms with Gasteiger partial charge in [0.2, 0.25) is 0 Å². The lowest BCUT2D eigenvalue weighted by Gasteiger charge is -2.24. The maximum atomic E-state index is 13.4. The summed E-state index contributed by atoms with van der Waals surface area (Å²) in [4.78, 5) is 24.9. The molecule has 0 heterocycles. The van der Waals surface area contributed by atoms with E-state index in [-0.39, 0.29) is 23.1 Å². The summed E-state index contributed by atoms with van der Waals surface area (Å²) >= 11 is 6.26. The number of benzene rings is 4. The van der Waals surface area contributed by atoms with Crippen molar-refractivity contribution in [2.45, 2.75) is 18.2 Å². The smallest absolute Gasteiger partial charge is 0.264 e. The number of sulfonamides is 1. The molecule has 11 heteroatoms. The van der Waals surface area contributed by atoms with Crippen molar-refractivity contribution >= 4 is 45.3 Å². The van der Waals surface area contributed by atoms with E-state index < -0.39 is 22.5 Å². The predicted octanol–water partition coefficient (Wildman–Crippen LogP) is 4.73. The van der Waals surface area contributed by atoms with Gasteiger partial charge in [-0.15, -0.1) is 0 Å². The zero-order valence-electron chi connectivity index (χ0n) is 23.4. The van der Waals surface area contributed by atoms with Gasteiger partial charge in [-0.05, 0) is 78.6 Å². The van der Waals surface area contributed by atoms with Crippen LogP contribution in [0.1, 0.15) is 16.7 Å². The largest absolute Gasteiger partial charge is 0.484 e. The second-order valence-electron chi connectivity index (χ2n) is 9.49. The second-order valence-corrected chi connectivity index (χ2v) is 11.8. The van der Waals surface area contributed by atoms with Crippen molar-refractivity contribution in [2.24, 2.45) is 5.10 Å². The second kappa shape index (κ2) is 15.0. The molecular weight excluding hydrogens is 588 g/mol. The van der Waals surface area contributed by atoms with Crippen molar-refractivity contribution in [2.75, 3.05) is 24.0 Å². The molecule has 0 saturated carbocycles. The van der Waals surface area contributed by atoms with Crippen LogP contribution < -0.4 is 19.8 Å². The standard InChI is InChI=1S/C32H31ClN4O5S/c1-24-12-15-27(20-30(24)33)37(43(40,41)29-10-6-3-7-11-29)22-31(38)36-35-21-26-13-16-28(17-14-26)42-23-32(39)34-19-18-25-8-4-2-5-9-25/h2-17,20-21H,18-19,22-23H2,1H3,(H,34,39)(H,36,38)/b35-21-. The average Bonchev–Trinajstić information content (AvgIpc) is 3.02. The minimum Gasteiger partial charge on any atom is -0.484 e. The highest BCUT2D eigenvalue weighted by Gasteiger charge is 2.27. The molecular formula is C32H31ClN4O5S. The highest BCUT2D eigenvalue weighted by Crippen LogP contribution is 2.28. The molecule has 0 atom stereocenters. The van der Waals surface area contributed by atoms with Gasteiger partial charge in [0.25, 0.3) is 21.8 Å². The van der Waals surface area contributed by atoms with Gasteiger partial charge < -0.3 is 10.1 Å². The van der Waals surface area contributed by atoms with Crippen LogP contribution in [0.15, 0.2) is 113 Å². The Kier molecular flexibility index (Phi) is 10.9. The lowest BCUT2D eigenvalue weighted by Crippen LogP contribution is -2.39. The Balaban J connectivity index is 1.30. The van der Waals surface area contributed by atoms with Crippen LogP contribution in [0.25, 0.3) is 0 Å². The lowest BCUT2D eigenvalue weighted by atomic mass is 10.1. The van der Waals surface area contributed by atoms with E-state index in [1.165, 1.54) is 24.4 Å². The number of rotatable bonds is 13. The molecule has 0 spiro atoms. The normalized spacial score (nSPS) is 11.2. The molecule has 2 N–H and O–H groups in total. The monoisotopic (exact) mass is 618 g/mol. The molecule has 0 aromatic heterocycles. The molecule has 0 fully saturated rings. The summed E-state index contributed by atoms with van der Waals surface area (Å²) in [5, 5.41) is 7.16. The van der Waals surface area contributed by atoms with Crippen molar-refractivity contribution in [3.63, 3.8) is 0 Å². The number of ether oxygens (including phenoxy) is 1. The van der Waals surface area contributed by atoms with Crippen molar-refractivity contribution < 1.29 is 22.7 Å². The minimum absolute atomic E-state index is 0.0370. The highest BCUT2D eigenvalue weighted by molar-refractivity contribution is 7.92. The van der Waals surface area contributed by atoms with E-state index in [1.807, 2.05) is 30.3 Å². The van der Waals surface area contributed by atoms with Gasteiger partial charge in [-0.1, -0.05) is 66.2 Å². The van der Waals surface area contributed by atoms with E-state index in [9.17, 15) is 18.0 Å². The van der Waals surface area contributed by atoms with Crippen molar-refractivity contribution in [1.82, 2.24) is 10.7 Å². The third kappa shape index (κ3) is 9.16. The average molecular weight is 619 g/mol. The lowest BCUT2D eigenvalue weighted by molar-refractivity contribution is -0.123. The molecule has 0 aliphatic carbocycles. The number of carbonyl (C=O) groups is 2. The number of halogens is 1. The Hall–Kier alpha value is -4.67. The molecule has 4 rings (SSSR count). The van der Waals surface area contributed by atoms with Gasteiger partial charge in [0.1, 0.15) is 12.3 Å². The van der Waals surface area contributed by atoms with E-state index in [0.29, 0.717) is 22.9 Å². The van der Waals surface area contributed by atoms with E-state index in [4.69, 9.17) is 16.3 Å². The Bertz CT molecular complexity index is 1670. The van der Waals surface area contributed by atoms with Crippen molar-refractivity contribution in [3.05, 3.63) is 125 Å². The molecule has 0 unspecified atom stereocenters. The van der Waals surface area contributed by atoms with Gasteiger partial charge in [-0.25, -0.2) is 13.8 Å². The van der Waals surface area contributed by atoms with E-state index in [2.05, 4.69) is 15.8 Å². The number of hydrogen-bond acceptors (Lipinski definition) is 6. The summed E-state index contributed by atoms with van der Waals surface area (Å²) in [6.07, 6.45) is 2.15. The van der Waals surface area contributed by atoms with Gasteiger partial charge in [-0.2, -0.15) is 5.10 Å². The van der Waals surface area contributed by atoms with Crippen LogP contribution in [0.2, 0.25) is 5.02 Å². The van der Waals surface area contributed by atoms with Gasteiger partial charge in [0, 0.05) is 11.6 Å². The van der Waals surface area contributed by atoms with Crippen LogP contribution in [-0.4, -0.2) is 46.1 Å². The minimum atomic E-state index is -4.07. The first-order chi connectivity index (χ1) is 20.7. The zero-order valence-corrected chi connectivity index (χ0v) is 25.0. The van der Waals surface area contributed by atoms with Crippen LogP contribution in [0.3, 0.4) is 0 Å². The van der Waals surface area contributed by atoms with E-state index >= 15 is 0 Å². The Morgan fingerprint density at radius 3 is 2.26 bits per heavy atom. The van der Waals surface area contributed by atoms with Crippen LogP contribution >= 0.6 is 11.6 Å². The molecule has 2 amide bonds. The quantitative estimate of drug-likeness (QED) is 0.166. The number of carbonyl (C=O) groups excluding carboxylic acids is 2. The Labute approximate surface area is 256 Å². The predicted molar refractivity (Wildman–Crippen MR) is 168 cm³/mol. The first-order valence-electron chi connectivity index (χ1n) is 13.4. The van der Waals surface area contributed by atoms with Crippen molar-refractivity contribution in [3.8, 4) is 5.75 Å². The topological polar surface area (TPSA) is 117 Å². The maximum absolute atomic E-state index is 13.4. The number of hydrogen-bond donors (Lipinski definition) is 2. The molecule has 0 aliphatic heterocycles. The third-order valence-electron chi connectivity index (χ3n) is 6.29. The summed E-state index contributed by atoms with van der Waals surface area (Å²) in [5.74, 6) is -0.371. The zero-order chi connectivity index (χ0) is 30.7. The first-order valence-corrected chi connectivity index (χ1v) is 15.2. The molecule has 43 heavy (non-hydrogen) atoms. The fourth-order valence-corrected chi connectivity index (χ4v) is 5.57. The van der Waals surface area contributed by atoms with E-state index in [0.717, 1.165) is 21.9 Å². The Morgan fingerprint density at radius 2 is 1.58 bits per heavy atom. The SMILES string of the molecule is Cc1ccc(N(CC(=O)N/N=C\c2ccc(OCC(=O)NCCc3ccccc3)cc2)S(=O)(=O)c2ccccc2)cc1Cl. The molecule has 9 nitrogen and oxygen atoms in total. The summed E-state index contributed by atoms with van der Waals surface area (Å²) in [5.41, 5.74) is 5.19. The molecule has 0 radical (unpaired) electrons. The third-order valence-corrected chi connectivity index (χ3v) is 8.49. The summed E-state index contributed by atoms with van der Waals surface area (Å²) < 4.78 is 33.4. The summed E-state index contributed by atoms with van der Waals surface area (Å²) in [7, 11) is -4.07. The Morgan fingerprint density at radius 1 is 0.907 bits per heavy atom. The summed E-state index contributed by atoms with van der Waals surface area (Å²) in [6.45, 7) is 1.68. The van der Waals surface area contributed by atoms with Crippen LogP contribution in [0.4, 0.5) is 5.69 Å². The fraction of sp³-hybridized carbons (Fsp3) is 0.156. The molecule has 0 bridgehead atoms. The molecule has 4 aromatic rings. The number of nitrogens with zero attached hydrogens (tertiary/aromatic N) is 2. The van der Waals surface area contributed by atoms with Gasteiger partial charge >= 0.3 is 0 Å². The van der Waals surface area contributed by atoms with Crippen molar-refractivity contribution in [1.29, 1.82) is 0 Å². The molecule has 222 valence electrons. The van der Waals surface area contributed by atoms with Gasteiger partial charge in [0.05, 0.1) is 16.8 Å². The molecule has 4 aromatic carbocycles. The van der Waals surface area contributed by atoms with Gasteiger partial charge in [-0.3, -0.25) is 13.9 Å². The number of aryl methyl sites for hydroxylation is 1. The first kappa shape index (κ1) is 31.3. The molecule has 0 aliphatic rings. The maximum Gasteiger partial charge on any atom is 0.264 e. The number of nitrogens with one attached hydrogen (secondary N) is 2. The summed E-state index contributed by atoms with van der Waals surface area (Å²) in [6, 6.07) is 29.3. The van der Waals surface area contributed by atoms with Crippen LogP contribution in [-0.2, 0) is 26.0 Å². The van der Waals surface area contributed by atoms with Crippen LogP contribution in [0.5, 0.6) is 5.75 Å².